The van der Waals surface area contributed by atoms with Crippen LogP contribution in [0.15, 0.2) is 40.9 Å². The minimum Gasteiger partial charge on any atom is -0.372 e. The molecule has 2 nitrogen and oxygen atoms in total. The molecule has 1 unspecified atom stereocenters. The molecule has 0 spiro atoms. The highest BCUT2D eigenvalue weighted by Gasteiger charge is 2.18. The van der Waals surface area contributed by atoms with E-state index in [2.05, 4.69) is 64.6 Å². The van der Waals surface area contributed by atoms with E-state index in [9.17, 15) is 0 Å². The lowest BCUT2D eigenvalue weighted by molar-refractivity contribution is 0.134. The van der Waals surface area contributed by atoms with Crippen LogP contribution < -0.4 is 5.32 Å². The standard InChI is InChI=1S/C17H18BrNO/c1-11-7-15(18)5-6-16(11)17(19-2)12-3-4-13-9-20-10-14(13)8-12/h3-8,17,19H,9-10H2,1-2H3. The van der Waals surface area contributed by atoms with Crippen molar-refractivity contribution in [1.29, 1.82) is 0 Å². The minimum atomic E-state index is 0.217. The van der Waals surface area contributed by atoms with Gasteiger partial charge in [0, 0.05) is 4.47 Å². The molecule has 3 rings (SSSR count). The molecule has 0 fully saturated rings. The number of rotatable bonds is 3. The molecule has 0 radical (unpaired) electrons. The summed E-state index contributed by atoms with van der Waals surface area (Å²) in [6, 6.07) is 13.3. The summed E-state index contributed by atoms with van der Waals surface area (Å²) in [6.07, 6.45) is 0. The van der Waals surface area contributed by atoms with E-state index in [4.69, 9.17) is 4.74 Å². The van der Waals surface area contributed by atoms with Crippen molar-refractivity contribution in [1.82, 2.24) is 5.32 Å². The Hall–Kier alpha value is -1.16. The molecule has 1 aliphatic heterocycles. The maximum absolute atomic E-state index is 5.50. The predicted octanol–water partition coefficient (Wildman–Crippen LogP) is 4.10. The molecular formula is C17H18BrNO. The highest BCUT2D eigenvalue weighted by molar-refractivity contribution is 9.10. The second kappa shape index (κ2) is 5.68. The van der Waals surface area contributed by atoms with Gasteiger partial charge in [-0.3, -0.25) is 0 Å². The van der Waals surface area contributed by atoms with Crippen LogP contribution in [0.25, 0.3) is 0 Å². The first-order valence-electron chi connectivity index (χ1n) is 6.82. The lowest BCUT2D eigenvalue weighted by atomic mass is 9.93. The zero-order chi connectivity index (χ0) is 14.1. The first-order chi connectivity index (χ1) is 9.69. The third-order valence-corrected chi connectivity index (χ3v) is 4.40. The van der Waals surface area contributed by atoms with Gasteiger partial charge in [0.1, 0.15) is 0 Å². The quantitative estimate of drug-likeness (QED) is 0.914. The van der Waals surface area contributed by atoms with E-state index in [1.165, 1.54) is 27.8 Å². The number of fused-ring (bicyclic) bond motifs is 1. The number of halogens is 1. The number of ether oxygens (including phenoxy) is 1. The largest absolute Gasteiger partial charge is 0.372 e. The monoisotopic (exact) mass is 331 g/mol. The van der Waals surface area contributed by atoms with Crippen LogP contribution >= 0.6 is 15.9 Å². The van der Waals surface area contributed by atoms with Crippen molar-refractivity contribution < 1.29 is 4.74 Å². The molecule has 0 bridgehead atoms. The maximum Gasteiger partial charge on any atom is 0.0725 e. The van der Waals surface area contributed by atoms with Gasteiger partial charge in [-0.1, -0.05) is 40.2 Å². The Balaban J connectivity index is 2.01. The van der Waals surface area contributed by atoms with E-state index in [1.54, 1.807) is 0 Å². The molecule has 1 N–H and O–H groups in total. The van der Waals surface area contributed by atoms with Crippen molar-refractivity contribution in [3.05, 3.63) is 68.7 Å². The van der Waals surface area contributed by atoms with Gasteiger partial charge in [0.25, 0.3) is 0 Å². The van der Waals surface area contributed by atoms with E-state index in [-0.39, 0.29) is 6.04 Å². The van der Waals surface area contributed by atoms with Crippen molar-refractivity contribution in [3.8, 4) is 0 Å². The van der Waals surface area contributed by atoms with Crippen molar-refractivity contribution in [2.45, 2.75) is 26.2 Å². The van der Waals surface area contributed by atoms with E-state index < -0.39 is 0 Å². The molecule has 0 aliphatic carbocycles. The molecule has 2 aromatic rings. The Kier molecular flexibility index (Phi) is 3.92. The highest BCUT2D eigenvalue weighted by Crippen LogP contribution is 2.30. The number of nitrogens with one attached hydrogen (secondary N) is 1. The van der Waals surface area contributed by atoms with Crippen LogP contribution in [0.5, 0.6) is 0 Å². The summed E-state index contributed by atoms with van der Waals surface area (Å²) in [7, 11) is 2.01. The second-order valence-corrected chi connectivity index (χ2v) is 6.16. The van der Waals surface area contributed by atoms with Gasteiger partial charge in [-0.05, 0) is 53.9 Å². The Morgan fingerprint density at radius 2 is 1.90 bits per heavy atom. The topological polar surface area (TPSA) is 21.3 Å². The molecule has 0 saturated carbocycles. The van der Waals surface area contributed by atoms with Crippen molar-refractivity contribution in [2.24, 2.45) is 0 Å². The number of benzene rings is 2. The summed E-state index contributed by atoms with van der Waals surface area (Å²) in [5, 5.41) is 3.43. The summed E-state index contributed by atoms with van der Waals surface area (Å²) in [6.45, 7) is 3.64. The molecule has 0 saturated heterocycles. The van der Waals surface area contributed by atoms with E-state index in [1.807, 2.05) is 7.05 Å². The smallest absolute Gasteiger partial charge is 0.0725 e. The maximum atomic E-state index is 5.50. The third kappa shape index (κ3) is 2.53. The van der Waals surface area contributed by atoms with E-state index in [0.717, 1.165) is 17.7 Å². The van der Waals surface area contributed by atoms with Crippen LogP contribution in [0.1, 0.15) is 33.9 Å². The highest BCUT2D eigenvalue weighted by atomic mass is 79.9. The fourth-order valence-electron chi connectivity index (χ4n) is 2.84. The molecular weight excluding hydrogens is 314 g/mol. The van der Waals surface area contributed by atoms with E-state index >= 15 is 0 Å². The second-order valence-electron chi connectivity index (χ2n) is 5.24. The Labute approximate surface area is 128 Å². The van der Waals surface area contributed by atoms with Gasteiger partial charge in [-0.25, -0.2) is 0 Å². The molecule has 20 heavy (non-hydrogen) atoms. The van der Waals surface area contributed by atoms with Crippen LogP contribution in [0.3, 0.4) is 0 Å². The Morgan fingerprint density at radius 3 is 2.65 bits per heavy atom. The van der Waals surface area contributed by atoms with Gasteiger partial charge in [0.2, 0.25) is 0 Å². The fraction of sp³-hybridized carbons (Fsp3) is 0.294. The molecule has 0 aromatic heterocycles. The first-order valence-corrected chi connectivity index (χ1v) is 7.61. The molecule has 2 aromatic carbocycles. The van der Waals surface area contributed by atoms with Crippen molar-refractivity contribution in [3.63, 3.8) is 0 Å². The zero-order valence-corrected chi connectivity index (χ0v) is 13.3. The van der Waals surface area contributed by atoms with Crippen molar-refractivity contribution >= 4 is 15.9 Å². The predicted molar refractivity (Wildman–Crippen MR) is 84.7 cm³/mol. The van der Waals surface area contributed by atoms with Crippen LogP contribution in [-0.4, -0.2) is 7.05 Å². The molecule has 1 atom stereocenters. The van der Waals surface area contributed by atoms with Gasteiger partial charge >= 0.3 is 0 Å². The summed E-state index contributed by atoms with van der Waals surface area (Å²) in [5.74, 6) is 0. The third-order valence-electron chi connectivity index (χ3n) is 3.91. The Bertz CT molecular complexity index is 639. The van der Waals surface area contributed by atoms with Crippen LogP contribution in [0, 0.1) is 6.92 Å². The molecule has 1 heterocycles. The minimum absolute atomic E-state index is 0.217. The SMILES string of the molecule is CNC(c1ccc2c(c1)COC2)c1ccc(Br)cc1C. The van der Waals surface area contributed by atoms with Gasteiger partial charge in [-0.2, -0.15) is 0 Å². The van der Waals surface area contributed by atoms with Gasteiger partial charge in [0.15, 0.2) is 0 Å². The normalized spacial score (nSPS) is 15.2. The molecule has 1 aliphatic rings. The number of aryl methyl sites for hydroxylation is 1. The summed E-state index contributed by atoms with van der Waals surface area (Å²) in [5.41, 5.74) is 6.53. The van der Waals surface area contributed by atoms with Crippen LogP contribution in [0.2, 0.25) is 0 Å². The average molecular weight is 332 g/mol. The summed E-state index contributed by atoms with van der Waals surface area (Å²) in [4.78, 5) is 0. The summed E-state index contributed by atoms with van der Waals surface area (Å²) < 4.78 is 6.62. The molecule has 0 amide bonds. The molecule has 3 heteroatoms. The number of hydrogen-bond donors (Lipinski definition) is 1. The van der Waals surface area contributed by atoms with Crippen LogP contribution in [0.4, 0.5) is 0 Å². The number of hydrogen-bond acceptors (Lipinski definition) is 2. The van der Waals surface area contributed by atoms with Crippen LogP contribution in [-0.2, 0) is 18.0 Å². The van der Waals surface area contributed by atoms with E-state index in [0.29, 0.717) is 0 Å². The lowest BCUT2D eigenvalue weighted by Gasteiger charge is -2.20. The molecule has 104 valence electrons. The lowest BCUT2D eigenvalue weighted by Crippen LogP contribution is -2.19. The first kappa shape index (κ1) is 13.8. The average Bonchev–Trinajstić information content (AvgIpc) is 2.89. The summed E-state index contributed by atoms with van der Waals surface area (Å²) >= 11 is 3.53. The van der Waals surface area contributed by atoms with Gasteiger partial charge in [-0.15, -0.1) is 0 Å². The fourth-order valence-corrected chi connectivity index (χ4v) is 3.31. The van der Waals surface area contributed by atoms with Gasteiger partial charge in [0.05, 0.1) is 19.3 Å². The Morgan fingerprint density at radius 1 is 1.10 bits per heavy atom. The zero-order valence-electron chi connectivity index (χ0n) is 11.7. The van der Waals surface area contributed by atoms with Crippen molar-refractivity contribution in [2.75, 3.05) is 7.05 Å². The van der Waals surface area contributed by atoms with Gasteiger partial charge < -0.3 is 10.1 Å².